The number of aliphatic imine (C=N–C) groups is 1. The number of aromatic nitrogens is 2. The van der Waals surface area contributed by atoms with E-state index in [-0.39, 0.29) is 22.4 Å². The molecule has 0 bridgehead atoms. The Balaban J connectivity index is 1.90. The molecule has 0 unspecified atom stereocenters. The fourth-order valence-electron chi connectivity index (χ4n) is 3.25. The number of esters is 1. The van der Waals surface area contributed by atoms with E-state index in [0.29, 0.717) is 18.7 Å². The van der Waals surface area contributed by atoms with Gasteiger partial charge in [0.2, 0.25) is 15.9 Å². The largest absolute Gasteiger partial charge is 0.402 e. The molecule has 0 N–H and O–H groups in total. The summed E-state index contributed by atoms with van der Waals surface area (Å²) in [4.78, 5) is 16.8. The van der Waals surface area contributed by atoms with Crippen molar-refractivity contribution >= 4 is 28.0 Å². The minimum absolute atomic E-state index is 0.146. The summed E-state index contributed by atoms with van der Waals surface area (Å²) < 4.78 is 33.6. The lowest BCUT2D eigenvalue weighted by Gasteiger charge is -2.18. The molecule has 1 aromatic heterocycles. The van der Waals surface area contributed by atoms with Gasteiger partial charge in [-0.3, -0.25) is 4.68 Å². The number of hydrogen-bond acceptors (Lipinski definition) is 6. The van der Waals surface area contributed by atoms with Gasteiger partial charge in [-0.05, 0) is 36.3 Å². The van der Waals surface area contributed by atoms with E-state index in [2.05, 4.69) is 10.1 Å². The SMILES string of the molecule is CCN(CC)S(=O)(=O)c1ccc(C2=N/C(=C/c3cn(C)nc3C(C)C)C(=O)O2)cc1. The monoisotopic (exact) mass is 430 g/mol. The van der Waals surface area contributed by atoms with Gasteiger partial charge in [0.1, 0.15) is 0 Å². The Morgan fingerprint density at radius 1 is 1.17 bits per heavy atom. The number of rotatable bonds is 7. The van der Waals surface area contributed by atoms with Crippen molar-refractivity contribution in [3.63, 3.8) is 0 Å². The van der Waals surface area contributed by atoms with Crippen LogP contribution in [0.1, 0.15) is 50.4 Å². The molecule has 0 saturated carbocycles. The maximum absolute atomic E-state index is 12.6. The number of cyclic esters (lactones) is 1. The molecule has 0 aliphatic carbocycles. The van der Waals surface area contributed by atoms with Crippen LogP contribution in [0.15, 0.2) is 46.0 Å². The predicted molar refractivity (Wildman–Crippen MR) is 114 cm³/mol. The molecule has 0 saturated heterocycles. The standard InChI is InChI=1S/C21H26N4O4S/c1-6-25(7-2)30(27,28)17-10-8-15(9-11-17)20-22-18(21(26)29-20)12-16-13-24(5)23-19(16)14(3)4/h8-14H,6-7H2,1-5H3/b18-12+. The molecule has 30 heavy (non-hydrogen) atoms. The summed E-state index contributed by atoms with van der Waals surface area (Å²) in [5.74, 6) is -0.212. The van der Waals surface area contributed by atoms with Crippen LogP contribution in [0.2, 0.25) is 0 Å². The smallest absolute Gasteiger partial charge is 0.363 e. The van der Waals surface area contributed by atoms with E-state index in [1.165, 1.54) is 16.4 Å². The number of carbonyl (C=O) groups is 1. The summed E-state index contributed by atoms with van der Waals surface area (Å²) >= 11 is 0. The van der Waals surface area contributed by atoms with E-state index in [0.717, 1.165) is 11.3 Å². The van der Waals surface area contributed by atoms with Gasteiger partial charge in [0.05, 0.1) is 10.6 Å². The number of hydrogen-bond donors (Lipinski definition) is 0. The molecule has 1 aromatic carbocycles. The highest BCUT2D eigenvalue weighted by molar-refractivity contribution is 7.89. The highest BCUT2D eigenvalue weighted by atomic mass is 32.2. The number of aryl methyl sites for hydroxylation is 1. The Hall–Kier alpha value is -2.78. The van der Waals surface area contributed by atoms with Gasteiger partial charge in [0.25, 0.3) is 0 Å². The molecular weight excluding hydrogens is 404 g/mol. The number of nitrogens with zero attached hydrogens (tertiary/aromatic N) is 4. The van der Waals surface area contributed by atoms with Gasteiger partial charge in [-0.25, -0.2) is 18.2 Å². The number of carbonyl (C=O) groups excluding carboxylic acids is 1. The molecule has 2 heterocycles. The van der Waals surface area contributed by atoms with Gasteiger partial charge in [-0.15, -0.1) is 0 Å². The molecule has 0 atom stereocenters. The van der Waals surface area contributed by atoms with Crippen molar-refractivity contribution < 1.29 is 17.9 Å². The predicted octanol–water partition coefficient (Wildman–Crippen LogP) is 2.92. The van der Waals surface area contributed by atoms with Crippen LogP contribution in [0.25, 0.3) is 6.08 Å². The van der Waals surface area contributed by atoms with Crippen LogP contribution >= 0.6 is 0 Å². The van der Waals surface area contributed by atoms with Crippen LogP contribution in [0.5, 0.6) is 0 Å². The van der Waals surface area contributed by atoms with Gasteiger partial charge >= 0.3 is 5.97 Å². The van der Waals surface area contributed by atoms with Gasteiger partial charge < -0.3 is 4.74 Å². The first-order valence-electron chi connectivity index (χ1n) is 9.84. The van der Waals surface area contributed by atoms with Crippen molar-refractivity contribution in [1.82, 2.24) is 14.1 Å². The Morgan fingerprint density at radius 3 is 2.37 bits per heavy atom. The van der Waals surface area contributed by atoms with Crippen LogP contribution in [-0.2, 0) is 26.6 Å². The third-order valence-corrected chi connectivity index (χ3v) is 6.86. The maximum Gasteiger partial charge on any atom is 0.363 e. The average Bonchev–Trinajstić information content (AvgIpc) is 3.25. The first-order chi connectivity index (χ1) is 14.2. The second-order valence-electron chi connectivity index (χ2n) is 7.25. The van der Waals surface area contributed by atoms with Gasteiger partial charge in [0.15, 0.2) is 5.70 Å². The lowest BCUT2D eigenvalue weighted by atomic mass is 10.1. The highest BCUT2D eigenvalue weighted by Crippen LogP contribution is 2.24. The quantitative estimate of drug-likeness (QED) is 0.497. The molecule has 8 nitrogen and oxygen atoms in total. The van der Waals surface area contributed by atoms with Crippen molar-refractivity contribution in [1.29, 1.82) is 0 Å². The number of ether oxygens (including phenoxy) is 1. The van der Waals surface area contributed by atoms with Crippen molar-refractivity contribution in [2.24, 2.45) is 12.0 Å². The first kappa shape index (κ1) is 21.9. The minimum atomic E-state index is -3.55. The second kappa shape index (κ2) is 8.53. The zero-order chi connectivity index (χ0) is 22.1. The highest BCUT2D eigenvalue weighted by Gasteiger charge is 2.26. The Kier molecular flexibility index (Phi) is 6.23. The van der Waals surface area contributed by atoms with Crippen LogP contribution < -0.4 is 0 Å². The Bertz CT molecular complexity index is 1110. The van der Waals surface area contributed by atoms with Gasteiger partial charge in [-0.2, -0.15) is 9.40 Å². The molecule has 3 rings (SSSR count). The Morgan fingerprint density at radius 2 is 1.80 bits per heavy atom. The number of sulfonamides is 1. The molecule has 1 aliphatic heterocycles. The average molecular weight is 431 g/mol. The van der Waals surface area contributed by atoms with Crippen LogP contribution in [0.4, 0.5) is 0 Å². The second-order valence-corrected chi connectivity index (χ2v) is 9.19. The zero-order valence-corrected chi connectivity index (χ0v) is 18.6. The van der Waals surface area contributed by atoms with Gasteiger partial charge in [0, 0.05) is 37.5 Å². The molecular formula is C21H26N4O4S. The fourth-order valence-corrected chi connectivity index (χ4v) is 4.70. The van der Waals surface area contributed by atoms with Crippen LogP contribution in [0.3, 0.4) is 0 Å². The summed E-state index contributed by atoms with van der Waals surface area (Å²) in [6, 6.07) is 6.18. The van der Waals surface area contributed by atoms with Gasteiger partial charge in [-0.1, -0.05) is 27.7 Å². The van der Waals surface area contributed by atoms with Crippen LogP contribution in [-0.4, -0.2) is 47.5 Å². The van der Waals surface area contributed by atoms with E-state index in [1.54, 1.807) is 36.7 Å². The molecule has 1 aliphatic rings. The third kappa shape index (κ3) is 4.22. The summed E-state index contributed by atoms with van der Waals surface area (Å²) in [7, 11) is -1.73. The van der Waals surface area contributed by atoms with Crippen LogP contribution in [0, 0.1) is 0 Å². The third-order valence-electron chi connectivity index (χ3n) is 4.79. The van der Waals surface area contributed by atoms with Crippen molar-refractivity contribution in [2.75, 3.05) is 13.1 Å². The molecule has 9 heteroatoms. The number of benzene rings is 1. The maximum atomic E-state index is 12.6. The molecule has 0 radical (unpaired) electrons. The molecule has 0 amide bonds. The Labute approximate surface area is 176 Å². The summed E-state index contributed by atoms with van der Waals surface area (Å²) in [5.41, 5.74) is 2.39. The summed E-state index contributed by atoms with van der Waals surface area (Å²) in [6.45, 7) is 8.43. The molecule has 2 aromatic rings. The van der Waals surface area contributed by atoms with E-state index in [1.807, 2.05) is 27.1 Å². The summed E-state index contributed by atoms with van der Waals surface area (Å²) in [5, 5.41) is 4.43. The molecule has 0 spiro atoms. The minimum Gasteiger partial charge on any atom is -0.402 e. The van der Waals surface area contributed by atoms with Crippen molar-refractivity contribution in [3.05, 3.63) is 53.0 Å². The topological polar surface area (TPSA) is 93.9 Å². The lowest BCUT2D eigenvalue weighted by Crippen LogP contribution is -2.30. The first-order valence-corrected chi connectivity index (χ1v) is 11.3. The lowest BCUT2D eigenvalue weighted by molar-refractivity contribution is -0.129. The molecule has 0 fully saturated rings. The normalized spacial score (nSPS) is 15.9. The summed E-state index contributed by atoms with van der Waals surface area (Å²) in [6.07, 6.45) is 3.49. The van der Waals surface area contributed by atoms with E-state index in [9.17, 15) is 13.2 Å². The van der Waals surface area contributed by atoms with E-state index in [4.69, 9.17) is 4.74 Å². The zero-order valence-electron chi connectivity index (χ0n) is 17.8. The van der Waals surface area contributed by atoms with E-state index < -0.39 is 16.0 Å². The molecule has 160 valence electrons. The van der Waals surface area contributed by atoms with Crippen molar-refractivity contribution in [2.45, 2.75) is 38.5 Å². The van der Waals surface area contributed by atoms with Crippen molar-refractivity contribution in [3.8, 4) is 0 Å². The fraction of sp³-hybridized carbons (Fsp3) is 0.381. The van der Waals surface area contributed by atoms with E-state index >= 15 is 0 Å².